The van der Waals surface area contributed by atoms with Crippen molar-refractivity contribution in [1.29, 1.82) is 0 Å². The molecule has 1 atom stereocenters. The number of rotatable bonds is 5. The van der Waals surface area contributed by atoms with Crippen LogP contribution in [0.15, 0.2) is 48.7 Å². The van der Waals surface area contributed by atoms with Crippen molar-refractivity contribution in [2.75, 3.05) is 31.2 Å². The van der Waals surface area contributed by atoms with Gasteiger partial charge in [-0.2, -0.15) is 0 Å². The zero-order valence-electron chi connectivity index (χ0n) is 13.7. The van der Waals surface area contributed by atoms with Gasteiger partial charge in [0.25, 0.3) is 0 Å². The molecule has 1 aliphatic heterocycles. The van der Waals surface area contributed by atoms with Gasteiger partial charge in [-0.05, 0) is 17.2 Å². The minimum absolute atomic E-state index is 0.103. The second kappa shape index (κ2) is 7.16. The predicted molar refractivity (Wildman–Crippen MR) is 95.0 cm³/mol. The first-order chi connectivity index (χ1) is 11.9. The van der Waals surface area contributed by atoms with E-state index in [1.54, 1.807) is 0 Å². The largest absolute Gasteiger partial charge is 0.374 e. The summed E-state index contributed by atoms with van der Waals surface area (Å²) in [6.07, 6.45) is 7.37. The van der Waals surface area contributed by atoms with Crippen molar-refractivity contribution in [3.05, 3.63) is 65.5 Å². The van der Waals surface area contributed by atoms with Crippen LogP contribution in [0.4, 0.5) is 5.69 Å². The van der Waals surface area contributed by atoms with E-state index in [4.69, 9.17) is 9.47 Å². The van der Waals surface area contributed by atoms with Crippen molar-refractivity contribution in [3.8, 4) is 0 Å². The Morgan fingerprint density at radius 2 is 2.17 bits per heavy atom. The number of morpholine rings is 1. The molecule has 124 valence electrons. The van der Waals surface area contributed by atoms with Gasteiger partial charge in [0.1, 0.15) is 0 Å². The summed E-state index contributed by atoms with van der Waals surface area (Å²) in [6, 6.07) is 12.5. The van der Waals surface area contributed by atoms with Crippen molar-refractivity contribution in [1.82, 2.24) is 4.98 Å². The molecule has 2 aromatic rings. The van der Waals surface area contributed by atoms with E-state index in [0.29, 0.717) is 13.2 Å². The average molecular weight is 322 g/mol. The van der Waals surface area contributed by atoms with Crippen LogP contribution in [0, 0.1) is 0 Å². The molecule has 0 amide bonds. The van der Waals surface area contributed by atoms with Gasteiger partial charge in [-0.25, -0.2) is 0 Å². The fourth-order valence-corrected chi connectivity index (χ4v) is 3.22. The van der Waals surface area contributed by atoms with Gasteiger partial charge < -0.3 is 14.4 Å². The normalized spacial score (nSPS) is 19.5. The second-order valence-corrected chi connectivity index (χ2v) is 6.28. The Labute approximate surface area is 142 Å². The molecule has 0 radical (unpaired) electrons. The fraction of sp³-hybridized carbons (Fsp3) is 0.350. The van der Waals surface area contributed by atoms with E-state index in [1.807, 2.05) is 24.4 Å². The van der Waals surface area contributed by atoms with Crippen molar-refractivity contribution in [2.24, 2.45) is 0 Å². The second-order valence-electron chi connectivity index (χ2n) is 6.28. The monoisotopic (exact) mass is 322 g/mol. The van der Waals surface area contributed by atoms with Crippen LogP contribution < -0.4 is 4.90 Å². The van der Waals surface area contributed by atoms with Gasteiger partial charge in [0, 0.05) is 19.5 Å². The Bertz CT molecular complexity index is 715. The first-order valence-corrected chi connectivity index (χ1v) is 8.52. The smallest absolute Gasteiger partial charge is 0.0983 e. The highest BCUT2D eigenvalue weighted by molar-refractivity contribution is 5.63. The van der Waals surface area contributed by atoms with Crippen molar-refractivity contribution < 1.29 is 9.47 Å². The lowest BCUT2D eigenvalue weighted by Gasteiger charge is -2.34. The SMILES string of the molecule is C1=Cc2cc(N3CCOC(COCc4ccccc4)C3)cnc2C1. The molecule has 0 N–H and O–H groups in total. The minimum atomic E-state index is 0.103. The maximum atomic E-state index is 5.86. The Hall–Kier alpha value is -2.17. The van der Waals surface area contributed by atoms with Crippen molar-refractivity contribution in [2.45, 2.75) is 19.1 Å². The van der Waals surface area contributed by atoms with Crippen LogP contribution in [0.25, 0.3) is 6.08 Å². The number of anilines is 1. The van der Waals surface area contributed by atoms with E-state index in [9.17, 15) is 0 Å². The number of benzene rings is 1. The molecule has 24 heavy (non-hydrogen) atoms. The molecule has 2 heterocycles. The molecular formula is C20H22N2O2. The van der Waals surface area contributed by atoms with Crippen molar-refractivity contribution >= 4 is 11.8 Å². The van der Waals surface area contributed by atoms with Gasteiger partial charge in [0.2, 0.25) is 0 Å². The van der Waals surface area contributed by atoms with Crippen LogP contribution in [0.3, 0.4) is 0 Å². The van der Waals surface area contributed by atoms with Crippen LogP contribution in [-0.4, -0.2) is 37.4 Å². The van der Waals surface area contributed by atoms with Gasteiger partial charge in [-0.15, -0.1) is 0 Å². The third-order valence-electron chi connectivity index (χ3n) is 4.52. The van der Waals surface area contributed by atoms with E-state index in [1.165, 1.54) is 22.5 Å². The molecule has 1 fully saturated rings. The Morgan fingerprint density at radius 3 is 3.08 bits per heavy atom. The average Bonchev–Trinajstić information content (AvgIpc) is 3.11. The van der Waals surface area contributed by atoms with Gasteiger partial charge >= 0.3 is 0 Å². The van der Waals surface area contributed by atoms with Crippen molar-refractivity contribution in [3.63, 3.8) is 0 Å². The molecule has 0 saturated carbocycles. The molecule has 1 saturated heterocycles. The molecule has 0 spiro atoms. The third kappa shape index (κ3) is 3.50. The van der Waals surface area contributed by atoms with Gasteiger partial charge in [0.15, 0.2) is 0 Å². The molecule has 4 nitrogen and oxygen atoms in total. The molecule has 1 unspecified atom stereocenters. The minimum Gasteiger partial charge on any atom is -0.374 e. The standard InChI is InChI=1S/C20H22N2O2/c1-2-5-16(6-3-1)14-23-15-19-13-22(9-10-24-19)18-11-17-7-4-8-20(17)21-12-18/h1-7,11-12,19H,8-10,13-15H2. The van der Waals surface area contributed by atoms with E-state index < -0.39 is 0 Å². The predicted octanol–water partition coefficient (Wildman–Crippen LogP) is 3.07. The van der Waals surface area contributed by atoms with Gasteiger partial charge in [0.05, 0.1) is 43.5 Å². The van der Waals surface area contributed by atoms with Crippen LogP contribution in [-0.2, 0) is 22.5 Å². The summed E-state index contributed by atoms with van der Waals surface area (Å²) in [7, 11) is 0. The number of pyridine rings is 1. The number of allylic oxidation sites excluding steroid dienone is 1. The summed E-state index contributed by atoms with van der Waals surface area (Å²) in [6.45, 7) is 3.72. The summed E-state index contributed by atoms with van der Waals surface area (Å²) < 4.78 is 11.7. The maximum absolute atomic E-state index is 5.86. The Balaban J connectivity index is 1.33. The quantitative estimate of drug-likeness (QED) is 0.847. The molecule has 2 aliphatic rings. The first-order valence-electron chi connectivity index (χ1n) is 8.52. The molecule has 4 rings (SSSR count). The maximum Gasteiger partial charge on any atom is 0.0983 e. The lowest BCUT2D eigenvalue weighted by Crippen LogP contribution is -2.44. The molecule has 1 aliphatic carbocycles. The van der Waals surface area contributed by atoms with Crippen LogP contribution in [0.1, 0.15) is 16.8 Å². The fourth-order valence-electron chi connectivity index (χ4n) is 3.22. The van der Waals surface area contributed by atoms with Gasteiger partial charge in [-0.1, -0.05) is 42.5 Å². The Morgan fingerprint density at radius 1 is 1.25 bits per heavy atom. The number of nitrogens with zero attached hydrogens (tertiary/aromatic N) is 2. The van der Waals surface area contributed by atoms with Gasteiger partial charge in [-0.3, -0.25) is 4.98 Å². The molecule has 4 heteroatoms. The summed E-state index contributed by atoms with van der Waals surface area (Å²) in [4.78, 5) is 6.93. The summed E-state index contributed by atoms with van der Waals surface area (Å²) in [5.74, 6) is 0. The van der Waals surface area contributed by atoms with Crippen LogP contribution in [0.2, 0.25) is 0 Å². The van der Waals surface area contributed by atoms with E-state index in [0.717, 1.165) is 26.1 Å². The molecule has 1 aromatic carbocycles. The van der Waals surface area contributed by atoms with E-state index >= 15 is 0 Å². The third-order valence-corrected chi connectivity index (χ3v) is 4.52. The van der Waals surface area contributed by atoms with Crippen LogP contribution in [0.5, 0.6) is 0 Å². The number of hydrogen-bond donors (Lipinski definition) is 0. The molecular weight excluding hydrogens is 300 g/mol. The summed E-state index contributed by atoms with van der Waals surface area (Å²) in [5.41, 5.74) is 4.79. The lowest BCUT2D eigenvalue weighted by molar-refractivity contribution is -0.0283. The lowest BCUT2D eigenvalue weighted by atomic mass is 10.2. The topological polar surface area (TPSA) is 34.6 Å². The number of hydrogen-bond acceptors (Lipinski definition) is 4. The highest BCUT2D eigenvalue weighted by atomic mass is 16.5. The van der Waals surface area contributed by atoms with E-state index in [2.05, 4.69) is 40.2 Å². The summed E-state index contributed by atoms with van der Waals surface area (Å²) >= 11 is 0. The zero-order valence-corrected chi connectivity index (χ0v) is 13.7. The van der Waals surface area contributed by atoms with E-state index in [-0.39, 0.29) is 6.10 Å². The highest BCUT2D eigenvalue weighted by Gasteiger charge is 2.22. The zero-order chi connectivity index (χ0) is 16.2. The number of fused-ring (bicyclic) bond motifs is 1. The van der Waals surface area contributed by atoms with Crippen LogP contribution >= 0.6 is 0 Å². The first kappa shape index (κ1) is 15.4. The number of ether oxygens (including phenoxy) is 2. The number of aromatic nitrogens is 1. The summed E-state index contributed by atoms with van der Waals surface area (Å²) in [5, 5.41) is 0. The molecule has 1 aromatic heterocycles. The molecule has 0 bridgehead atoms. The highest BCUT2D eigenvalue weighted by Crippen LogP contribution is 2.24. The Kier molecular flexibility index (Phi) is 4.58.